The van der Waals surface area contributed by atoms with Crippen molar-refractivity contribution >= 4 is 21.6 Å². The number of H-pyrrole nitrogens is 1. The number of nitrogens with one attached hydrogen (secondary N) is 1. The number of hydrogen-bond donors (Lipinski definition) is 2. The van der Waals surface area contributed by atoms with E-state index >= 15 is 0 Å². The van der Waals surface area contributed by atoms with Crippen LogP contribution in [0.25, 0.3) is 22.2 Å². The molecule has 0 bridgehead atoms. The molecular formula is C25H33N3O3S. The van der Waals surface area contributed by atoms with E-state index in [4.69, 9.17) is 4.74 Å². The van der Waals surface area contributed by atoms with Gasteiger partial charge < -0.3 is 9.72 Å². The maximum Gasteiger partial charge on any atom is 0.140 e. The van der Waals surface area contributed by atoms with Gasteiger partial charge >= 0.3 is 0 Å². The molecule has 2 aromatic heterocycles. The standard InChI is InChI=1S/C25H33N3O3S/c1-16(2)24-21-14-19(23-15-28(9-10-31-23)8-5-11-32(29)30)6-7-22(21)27-25(24)20-12-17(3)26-18(4)13-20/h6-7,12-14,16,23,27,32H,5,8-11,15H2,1-4H3. The van der Waals surface area contributed by atoms with E-state index in [1.54, 1.807) is 0 Å². The average Bonchev–Trinajstić information content (AvgIpc) is 3.12. The van der Waals surface area contributed by atoms with Gasteiger partial charge in [-0.05, 0) is 68.1 Å². The number of thiol groups is 1. The number of rotatable bonds is 7. The number of hydrogen-bond acceptors (Lipinski definition) is 5. The summed E-state index contributed by atoms with van der Waals surface area (Å²) in [6.45, 7) is 11.6. The van der Waals surface area contributed by atoms with Crippen molar-refractivity contribution in [2.75, 3.05) is 32.0 Å². The van der Waals surface area contributed by atoms with Crippen molar-refractivity contribution in [3.63, 3.8) is 0 Å². The number of nitrogens with zero attached hydrogens (tertiary/aromatic N) is 2. The molecule has 1 N–H and O–H groups in total. The summed E-state index contributed by atoms with van der Waals surface area (Å²) in [7, 11) is -2.30. The van der Waals surface area contributed by atoms with Gasteiger partial charge in [-0.3, -0.25) is 9.88 Å². The number of aryl methyl sites for hydroxylation is 2. The van der Waals surface area contributed by atoms with Gasteiger partial charge in [0.05, 0.1) is 18.4 Å². The first kappa shape index (κ1) is 23.0. The number of pyridine rings is 1. The molecule has 172 valence electrons. The van der Waals surface area contributed by atoms with Crippen LogP contribution in [0.15, 0.2) is 30.3 Å². The summed E-state index contributed by atoms with van der Waals surface area (Å²) in [5, 5.41) is 1.24. The van der Waals surface area contributed by atoms with Gasteiger partial charge in [0.2, 0.25) is 0 Å². The van der Waals surface area contributed by atoms with Crippen molar-refractivity contribution in [2.24, 2.45) is 0 Å². The SMILES string of the molecule is Cc1cc(-c2[nH]c3ccc(C4CN(CCC[SH](=O)=O)CCO4)cc3c2C(C)C)cc(C)n1. The number of morpholine rings is 1. The van der Waals surface area contributed by atoms with E-state index in [1.165, 1.54) is 27.8 Å². The second-order valence-electron chi connectivity index (χ2n) is 9.08. The second kappa shape index (κ2) is 9.73. The van der Waals surface area contributed by atoms with Gasteiger partial charge in [-0.1, -0.05) is 19.9 Å². The third kappa shape index (κ3) is 5.05. The maximum absolute atomic E-state index is 10.9. The Balaban J connectivity index is 1.65. The highest BCUT2D eigenvalue weighted by Crippen LogP contribution is 2.37. The van der Waals surface area contributed by atoms with Crippen LogP contribution < -0.4 is 0 Å². The molecule has 1 aliphatic heterocycles. The topological polar surface area (TPSA) is 75.3 Å². The van der Waals surface area contributed by atoms with E-state index in [1.807, 2.05) is 13.8 Å². The maximum atomic E-state index is 10.9. The number of benzene rings is 1. The van der Waals surface area contributed by atoms with Crippen LogP contribution in [0.3, 0.4) is 0 Å². The summed E-state index contributed by atoms with van der Waals surface area (Å²) in [5.74, 6) is 0.613. The molecule has 7 heteroatoms. The first-order valence-corrected chi connectivity index (χ1v) is 12.7. The minimum atomic E-state index is -2.30. The zero-order chi connectivity index (χ0) is 22.8. The van der Waals surface area contributed by atoms with Crippen molar-refractivity contribution in [1.82, 2.24) is 14.9 Å². The van der Waals surface area contributed by atoms with E-state index in [0.29, 0.717) is 18.9 Å². The number of aromatic amines is 1. The lowest BCUT2D eigenvalue weighted by Crippen LogP contribution is -2.39. The molecule has 0 spiro atoms. The monoisotopic (exact) mass is 455 g/mol. The Morgan fingerprint density at radius 3 is 2.62 bits per heavy atom. The average molecular weight is 456 g/mol. The molecule has 0 radical (unpaired) electrons. The Labute approximate surface area is 192 Å². The molecule has 32 heavy (non-hydrogen) atoms. The molecule has 6 nitrogen and oxygen atoms in total. The summed E-state index contributed by atoms with van der Waals surface area (Å²) in [4.78, 5) is 10.5. The van der Waals surface area contributed by atoms with Crippen molar-refractivity contribution in [2.45, 2.75) is 46.1 Å². The van der Waals surface area contributed by atoms with Crippen LogP contribution in [0.2, 0.25) is 0 Å². The Hall–Kier alpha value is -2.22. The van der Waals surface area contributed by atoms with Gasteiger partial charge in [-0.15, -0.1) is 0 Å². The lowest BCUT2D eigenvalue weighted by atomic mass is 9.94. The zero-order valence-corrected chi connectivity index (χ0v) is 20.2. The quantitative estimate of drug-likeness (QED) is 0.518. The number of fused-ring (bicyclic) bond motifs is 1. The highest BCUT2D eigenvalue weighted by molar-refractivity contribution is 7.72. The molecule has 3 aromatic rings. The Morgan fingerprint density at radius 1 is 1.19 bits per heavy atom. The van der Waals surface area contributed by atoms with Crippen molar-refractivity contribution < 1.29 is 13.2 Å². The summed E-state index contributed by atoms with van der Waals surface area (Å²) in [6.07, 6.45) is 0.673. The zero-order valence-electron chi connectivity index (χ0n) is 19.4. The molecular weight excluding hydrogens is 422 g/mol. The van der Waals surface area contributed by atoms with Crippen molar-refractivity contribution in [1.29, 1.82) is 0 Å². The van der Waals surface area contributed by atoms with Crippen LogP contribution >= 0.6 is 0 Å². The van der Waals surface area contributed by atoms with Crippen LogP contribution in [-0.4, -0.2) is 55.3 Å². The Kier molecular flexibility index (Phi) is 6.98. The van der Waals surface area contributed by atoms with Crippen LogP contribution in [0.4, 0.5) is 0 Å². The summed E-state index contributed by atoms with van der Waals surface area (Å²) in [6, 6.07) is 10.9. The van der Waals surface area contributed by atoms with Gasteiger partial charge in [0.1, 0.15) is 10.7 Å². The van der Waals surface area contributed by atoms with Crippen molar-refractivity contribution in [3.8, 4) is 11.3 Å². The predicted octanol–water partition coefficient (Wildman–Crippen LogP) is 4.34. The predicted molar refractivity (Wildman–Crippen MR) is 130 cm³/mol. The number of aromatic nitrogens is 2. The van der Waals surface area contributed by atoms with Crippen LogP contribution in [0, 0.1) is 13.8 Å². The first-order valence-electron chi connectivity index (χ1n) is 11.4. The van der Waals surface area contributed by atoms with Crippen LogP contribution in [-0.2, 0) is 15.4 Å². The smallest absolute Gasteiger partial charge is 0.140 e. The fraction of sp³-hybridized carbons (Fsp3) is 0.480. The van der Waals surface area contributed by atoms with E-state index in [2.05, 4.69) is 59.0 Å². The molecule has 3 heterocycles. The largest absolute Gasteiger partial charge is 0.371 e. The third-order valence-corrected chi connectivity index (χ3v) is 6.83. The molecule has 1 atom stereocenters. The first-order chi connectivity index (χ1) is 15.3. The fourth-order valence-electron chi connectivity index (χ4n) is 4.77. The van der Waals surface area contributed by atoms with E-state index < -0.39 is 10.7 Å². The fourth-order valence-corrected chi connectivity index (χ4v) is 5.17. The molecule has 1 aromatic carbocycles. The Morgan fingerprint density at radius 2 is 1.94 bits per heavy atom. The highest BCUT2D eigenvalue weighted by Gasteiger charge is 2.24. The second-order valence-corrected chi connectivity index (χ2v) is 10.2. The van der Waals surface area contributed by atoms with E-state index in [-0.39, 0.29) is 11.9 Å². The van der Waals surface area contributed by atoms with Crippen LogP contribution in [0.1, 0.15) is 54.8 Å². The molecule has 4 rings (SSSR count). The lowest BCUT2D eigenvalue weighted by Gasteiger charge is -2.33. The van der Waals surface area contributed by atoms with Gasteiger partial charge in [0, 0.05) is 46.7 Å². The van der Waals surface area contributed by atoms with E-state index in [9.17, 15) is 8.42 Å². The molecule has 1 fully saturated rings. The van der Waals surface area contributed by atoms with Crippen LogP contribution in [0.5, 0.6) is 0 Å². The summed E-state index contributed by atoms with van der Waals surface area (Å²) in [5.41, 5.74) is 8.00. The summed E-state index contributed by atoms with van der Waals surface area (Å²) >= 11 is 0. The minimum Gasteiger partial charge on any atom is -0.371 e. The normalized spacial score (nSPS) is 17.6. The summed E-state index contributed by atoms with van der Waals surface area (Å²) < 4.78 is 27.8. The van der Waals surface area contributed by atoms with Crippen molar-refractivity contribution in [3.05, 3.63) is 52.8 Å². The third-order valence-electron chi connectivity index (χ3n) is 6.15. The molecule has 1 saturated heterocycles. The molecule has 0 saturated carbocycles. The molecule has 1 aliphatic rings. The van der Waals surface area contributed by atoms with Gasteiger partial charge in [-0.2, -0.15) is 0 Å². The molecule has 0 aliphatic carbocycles. The van der Waals surface area contributed by atoms with Gasteiger partial charge in [0.25, 0.3) is 0 Å². The Bertz CT molecular complexity index is 1150. The highest BCUT2D eigenvalue weighted by atomic mass is 32.2. The lowest BCUT2D eigenvalue weighted by molar-refractivity contribution is -0.0297. The number of ether oxygens (including phenoxy) is 1. The van der Waals surface area contributed by atoms with E-state index in [0.717, 1.165) is 36.5 Å². The molecule has 0 amide bonds. The van der Waals surface area contributed by atoms with Gasteiger partial charge in [-0.25, -0.2) is 8.42 Å². The molecule has 1 unspecified atom stereocenters. The van der Waals surface area contributed by atoms with Gasteiger partial charge in [0.15, 0.2) is 0 Å². The minimum absolute atomic E-state index is 0.00191.